The highest BCUT2D eigenvalue weighted by Gasteiger charge is 2.32. The lowest BCUT2D eigenvalue weighted by Crippen LogP contribution is -2.43. The van der Waals surface area contributed by atoms with E-state index in [4.69, 9.17) is 14.2 Å². The first kappa shape index (κ1) is 18.3. The third-order valence-corrected chi connectivity index (χ3v) is 5.12. The Kier molecular flexibility index (Phi) is 5.19. The van der Waals surface area contributed by atoms with E-state index in [2.05, 4.69) is 11.4 Å². The lowest BCUT2D eigenvalue weighted by atomic mass is 9.87. The van der Waals surface area contributed by atoms with E-state index in [0.29, 0.717) is 11.5 Å². The first-order valence-corrected chi connectivity index (χ1v) is 9.59. The zero-order chi connectivity index (χ0) is 19.5. The van der Waals surface area contributed by atoms with E-state index in [1.807, 2.05) is 24.3 Å². The van der Waals surface area contributed by atoms with E-state index in [1.165, 1.54) is 5.56 Å². The van der Waals surface area contributed by atoms with Gasteiger partial charge in [-0.1, -0.05) is 36.4 Å². The third-order valence-electron chi connectivity index (χ3n) is 5.12. The van der Waals surface area contributed by atoms with Crippen molar-refractivity contribution in [2.24, 2.45) is 0 Å². The quantitative estimate of drug-likeness (QED) is 0.825. The molecule has 0 unspecified atom stereocenters. The van der Waals surface area contributed by atoms with Gasteiger partial charge in [0, 0.05) is 0 Å². The van der Waals surface area contributed by atoms with Gasteiger partial charge in [-0.2, -0.15) is 0 Å². The van der Waals surface area contributed by atoms with Crippen molar-refractivity contribution in [1.82, 2.24) is 5.32 Å². The van der Waals surface area contributed by atoms with Gasteiger partial charge in [0.1, 0.15) is 6.61 Å². The van der Waals surface area contributed by atoms with Gasteiger partial charge in [-0.25, -0.2) is 4.79 Å². The van der Waals surface area contributed by atoms with Gasteiger partial charge in [-0.05, 0) is 49.4 Å². The average Bonchev–Trinajstić information content (AvgIpc) is 2.73. The first-order chi connectivity index (χ1) is 13.6. The van der Waals surface area contributed by atoms with E-state index in [-0.39, 0.29) is 18.6 Å². The number of aryl methyl sites for hydroxylation is 1. The van der Waals surface area contributed by atoms with Gasteiger partial charge in [-0.3, -0.25) is 4.79 Å². The van der Waals surface area contributed by atoms with Gasteiger partial charge >= 0.3 is 5.97 Å². The summed E-state index contributed by atoms with van der Waals surface area (Å²) in [5.74, 6) is 0.160. The highest BCUT2D eigenvalue weighted by atomic mass is 16.6. The molecule has 4 rings (SSSR count). The smallest absolute Gasteiger partial charge is 0.351 e. The molecule has 0 spiro atoms. The molecule has 0 aromatic heterocycles. The Morgan fingerprint density at radius 1 is 1.11 bits per heavy atom. The number of nitrogens with one attached hydrogen (secondary N) is 1. The maximum absolute atomic E-state index is 12.6. The molecule has 0 bridgehead atoms. The summed E-state index contributed by atoms with van der Waals surface area (Å²) in [7, 11) is 0. The molecule has 1 aliphatic heterocycles. The molecule has 2 aromatic carbocycles. The lowest BCUT2D eigenvalue weighted by molar-refractivity contribution is -0.163. The van der Waals surface area contributed by atoms with Crippen molar-refractivity contribution >= 4 is 11.9 Å². The van der Waals surface area contributed by atoms with E-state index < -0.39 is 18.2 Å². The molecule has 0 fully saturated rings. The molecule has 6 heteroatoms. The summed E-state index contributed by atoms with van der Waals surface area (Å²) in [6.07, 6.45) is 1.11. The molecule has 0 radical (unpaired) electrons. The van der Waals surface area contributed by atoms with Crippen LogP contribution in [0.5, 0.6) is 11.5 Å². The fraction of sp³-hybridized carbons (Fsp3) is 0.364. The fourth-order valence-electron chi connectivity index (χ4n) is 3.63. The number of benzene rings is 2. The van der Waals surface area contributed by atoms with E-state index in [9.17, 15) is 9.59 Å². The molecule has 146 valence electrons. The number of esters is 1. The van der Waals surface area contributed by atoms with Crippen LogP contribution in [0, 0.1) is 0 Å². The normalized spacial score (nSPS) is 21.2. The summed E-state index contributed by atoms with van der Waals surface area (Å²) >= 11 is 0. The topological polar surface area (TPSA) is 73.9 Å². The Hall–Kier alpha value is -3.02. The minimum atomic E-state index is -0.914. The highest BCUT2D eigenvalue weighted by molar-refractivity contribution is 5.85. The first-order valence-electron chi connectivity index (χ1n) is 9.59. The predicted molar refractivity (Wildman–Crippen MR) is 102 cm³/mol. The Balaban J connectivity index is 1.34. The van der Waals surface area contributed by atoms with Gasteiger partial charge < -0.3 is 19.5 Å². The van der Waals surface area contributed by atoms with Crippen molar-refractivity contribution in [3.05, 3.63) is 59.7 Å². The molecule has 2 aliphatic rings. The molecule has 1 N–H and O–H groups in total. The highest BCUT2D eigenvalue weighted by Crippen LogP contribution is 2.31. The van der Waals surface area contributed by atoms with E-state index in [0.717, 1.165) is 24.8 Å². The van der Waals surface area contributed by atoms with Crippen LogP contribution in [0.1, 0.15) is 36.9 Å². The Bertz CT molecular complexity index is 881. The summed E-state index contributed by atoms with van der Waals surface area (Å²) in [4.78, 5) is 25.0. The molecule has 0 saturated heterocycles. The zero-order valence-electron chi connectivity index (χ0n) is 15.7. The van der Waals surface area contributed by atoms with Gasteiger partial charge in [0.05, 0.1) is 6.04 Å². The number of rotatable bonds is 4. The summed E-state index contributed by atoms with van der Waals surface area (Å²) in [6.45, 7) is 1.62. The summed E-state index contributed by atoms with van der Waals surface area (Å²) in [6, 6.07) is 15.2. The standard InChI is InChI=1S/C22H23NO5/c1-14(21(24)23-17-10-6-8-15-7-2-3-9-16(15)17)27-22(25)20-13-26-18-11-4-5-12-19(18)28-20/h2-5,7,9,11-12,14,17,20H,6,8,10,13H2,1H3,(H,23,24)/t14-,17-,20-/m0/s1. The summed E-state index contributed by atoms with van der Waals surface area (Å²) in [5, 5.41) is 3.01. The van der Waals surface area contributed by atoms with Crippen LogP contribution in [0.4, 0.5) is 0 Å². The van der Waals surface area contributed by atoms with Crippen molar-refractivity contribution in [2.45, 2.75) is 44.4 Å². The molecule has 2 aromatic rings. The average molecular weight is 381 g/mol. The molecule has 1 amide bonds. The molecular formula is C22H23NO5. The Labute approximate surface area is 163 Å². The molecule has 0 saturated carbocycles. The van der Waals surface area contributed by atoms with E-state index in [1.54, 1.807) is 25.1 Å². The number of amides is 1. The fourth-order valence-corrected chi connectivity index (χ4v) is 3.63. The molecule has 1 aliphatic carbocycles. The van der Waals surface area contributed by atoms with Gasteiger partial charge in [0.25, 0.3) is 5.91 Å². The van der Waals surface area contributed by atoms with Crippen molar-refractivity contribution in [2.75, 3.05) is 6.61 Å². The molecule has 1 heterocycles. The maximum Gasteiger partial charge on any atom is 0.351 e. The number of hydrogen-bond acceptors (Lipinski definition) is 5. The van der Waals surface area contributed by atoms with Crippen LogP contribution in [0.3, 0.4) is 0 Å². The zero-order valence-corrected chi connectivity index (χ0v) is 15.7. The molecule has 6 nitrogen and oxygen atoms in total. The summed E-state index contributed by atoms with van der Waals surface area (Å²) < 4.78 is 16.5. The van der Waals surface area contributed by atoms with Gasteiger partial charge in [0.15, 0.2) is 17.6 Å². The van der Waals surface area contributed by atoms with E-state index >= 15 is 0 Å². The number of fused-ring (bicyclic) bond motifs is 2. The van der Waals surface area contributed by atoms with Crippen LogP contribution < -0.4 is 14.8 Å². The monoisotopic (exact) mass is 381 g/mol. The maximum atomic E-state index is 12.6. The molecule has 28 heavy (non-hydrogen) atoms. The SMILES string of the molecule is C[C@H](OC(=O)[C@@H]1COc2ccccc2O1)C(=O)N[C@H]1CCCc2ccccc21. The second kappa shape index (κ2) is 7.92. The number of carbonyl (C=O) groups excluding carboxylic acids is 2. The van der Waals surface area contributed by atoms with Crippen LogP contribution in [0.25, 0.3) is 0 Å². The van der Waals surface area contributed by atoms with Crippen LogP contribution in [0.2, 0.25) is 0 Å². The second-order valence-corrected chi connectivity index (χ2v) is 7.10. The number of hydrogen-bond donors (Lipinski definition) is 1. The Morgan fingerprint density at radius 3 is 2.71 bits per heavy atom. The summed E-state index contributed by atoms with van der Waals surface area (Å²) in [5.41, 5.74) is 2.40. The van der Waals surface area contributed by atoms with Crippen LogP contribution in [-0.2, 0) is 20.7 Å². The second-order valence-electron chi connectivity index (χ2n) is 7.10. The predicted octanol–water partition coefficient (Wildman–Crippen LogP) is 2.95. The third kappa shape index (κ3) is 3.81. The van der Waals surface area contributed by atoms with Crippen molar-refractivity contribution in [3.8, 4) is 11.5 Å². The number of para-hydroxylation sites is 2. The van der Waals surface area contributed by atoms with Gasteiger partial charge in [0.2, 0.25) is 6.10 Å². The van der Waals surface area contributed by atoms with Crippen molar-refractivity contribution < 1.29 is 23.8 Å². The minimum Gasteiger partial charge on any atom is -0.485 e. The minimum absolute atomic E-state index is 0.0557. The molecular weight excluding hydrogens is 358 g/mol. The number of carbonyl (C=O) groups is 2. The van der Waals surface area contributed by atoms with Crippen molar-refractivity contribution in [3.63, 3.8) is 0 Å². The lowest BCUT2D eigenvalue weighted by Gasteiger charge is -2.28. The molecule has 3 atom stereocenters. The Morgan fingerprint density at radius 2 is 1.86 bits per heavy atom. The van der Waals surface area contributed by atoms with Crippen LogP contribution in [-0.4, -0.2) is 30.7 Å². The largest absolute Gasteiger partial charge is 0.485 e. The van der Waals surface area contributed by atoms with Crippen LogP contribution in [0.15, 0.2) is 48.5 Å². The van der Waals surface area contributed by atoms with Gasteiger partial charge in [-0.15, -0.1) is 0 Å². The van der Waals surface area contributed by atoms with Crippen LogP contribution >= 0.6 is 0 Å². The van der Waals surface area contributed by atoms with Crippen molar-refractivity contribution in [1.29, 1.82) is 0 Å². The number of ether oxygens (including phenoxy) is 3.